The normalized spacial score (nSPS) is 19.7. The van der Waals surface area contributed by atoms with Crippen molar-refractivity contribution < 1.29 is 17.7 Å². The molecule has 2 saturated heterocycles. The van der Waals surface area contributed by atoms with Gasteiger partial charge >= 0.3 is 0 Å². The molecule has 2 aliphatic heterocycles. The maximum atomic E-state index is 13.1. The molecular weight excluding hydrogens is 478 g/mol. The van der Waals surface area contributed by atoms with Crippen molar-refractivity contribution in [1.29, 1.82) is 0 Å². The molecule has 1 atom stereocenters. The van der Waals surface area contributed by atoms with Gasteiger partial charge in [-0.25, -0.2) is 8.42 Å². The highest BCUT2D eigenvalue weighted by atomic mass is 32.2. The highest BCUT2D eigenvalue weighted by Crippen LogP contribution is 2.25. The second-order valence-electron chi connectivity index (χ2n) is 9.42. The first-order valence-electron chi connectivity index (χ1n) is 12.5. The third-order valence-electron chi connectivity index (χ3n) is 6.80. The van der Waals surface area contributed by atoms with Gasteiger partial charge in [0.2, 0.25) is 21.7 Å². The fraction of sp³-hybridized carbons (Fsp3) is 0.462. The molecule has 1 aromatic heterocycles. The van der Waals surface area contributed by atoms with Gasteiger partial charge in [-0.1, -0.05) is 30.6 Å². The number of aryl methyl sites for hydroxylation is 2. The van der Waals surface area contributed by atoms with E-state index in [1.165, 1.54) is 5.56 Å². The van der Waals surface area contributed by atoms with Crippen molar-refractivity contribution in [3.63, 3.8) is 0 Å². The second kappa shape index (κ2) is 10.7. The number of nitrogens with zero attached hydrogens (tertiary/aromatic N) is 5. The molecule has 3 heterocycles. The SMILES string of the molecule is CCCc1ccc(S(=O)(=O)N2CCN(CC3CN(c4ccc(-c5noc(C)n5)cc4)CO3)CC2)cc1. The molecular formula is C26H33N5O4S. The van der Waals surface area contributed by atoms with Crippen LogP contribution in [0.5, 0.6) is 0 Å². The Morgan fingerprint density at radius 3 is 2.36 bits per heavy atom. The predicted molar refractivity (Wildman–Crippen MR) is 137 cm³/mol. The lowest BCUT2D eigenvalue weighted by Crippen LogP contribution is -2.50. The fourth-order valence-electron chi connectivity index (χ4n) is 4.78. The predicted octanol–water partition coefficient (Wildman–Crippen LogP) is 3.17. The monoisotopic (exact) mass is 511 g/mol. The van der Waals surface area contributed by atoms with E-state index < -0.39 is 10.0 Å². The van der Waals surface area contributed by atoms with E-state index >= 15 is 0 Å². The van der Waals surface area contributed by atoms with E-state index in [4.69, 9.17) is 9.26 Å². The average Bonchev–Trinajstić information content (AvgIpc) is 3.54. The van der Waals surface area contributed by atoms with Crippen LogP contribution >= 0.6 is 0 Å². The molecule has 36 heavy (non-hydrogen) atoms. The number of benzene rings is 2. The molecule has 0 saturated carbocycles. The average molecular weight is 512 g/mol. The topological polar surface area (TPSA) is 92.0 Å². The number of anilines is 1. The summed E-state index contributed by atoms with van der Waals surface area (Å²) in [5.41, 5.74) is 3.17. The molecule has 9 nitrogen and oxygen atoms in total. The van der Waals surface area contributed by atoms with E-state index in [0.717, 1.165) is 37.2 Å². The van der Waals surface area contributed by atoms with E-state index in [0.29, 0.717) is 49.5 Å². The third-order valence-corrected chi connectivity index (χ3v) is 8.71. The van der Waals surface area contributed by atoms with Gasteiger partial charge in [0.25, 0.3) is 0 Å². The molecule has 0 radical (unpaired) electrons. The maximum absolute atomic E-state index is 13.1. The highest BCUT2D eigenvalue weighted by Gasteiger charge is 2.31. The molecule has 2 aliphatic rings. The molecule has 5 rings (SSSR count). The minimum absolute atomic E-state index is 0.0822. The van der Waals surface area contributed by atoms with Crippen LogP contribution in [0.1, 0.15) is 24.8 Å². The quantitative estimate of drug-likeness (QED) is 0.456. The Hall–Kier alpha value is -2.79. The van der Waals surface area contributed by atoms with Crippen molar-refractivity contribution in [3.8, 4) is 11.4 Å². The van der Waals surface area contributed by atoms with Crippen LogP contribution in [-0.2, 0) is 21.2 Å². The molecule has 0 N–H and O–H groups in total. The summed E-state index contributed by atoms with van der Waals surface area (Å²) in [6.45, 7) is 8.40. The number of sulfonamides is 1. The van der Waals surface area contributed by atoms with E-state index in [1.807, 2.05) is 36.4 Å². The summed E-state index contributed by atoms with van der Waals surface area (Å²) in [6.07, 6.45) is 2.09. The van der Waals surface area contributed by atoms with Crippen LogP contribution in [0.3, 0.4) is 0 Å². The lowest BCUT2D eigenvalue weighted by molar-refractivity contribution is 0.0664. The summed E-state index contributed by atoms with van der Waals surface area (Å²) < 4.78 is 38.9. The van der Waals surface area contributed by atoms with Crippen molar-refractivity contribution in [1.82, 2.24) is 19.3 Å². The first-order valence-corrected chi connectivity index (χ1v) is 13.9. The van der Waals surface area contributed by atoms with Crippen LogP contribution in [0.25, 0.3) is 11.4 Å². The number of ether oxygens (including phenoxy) is 1. The number of hydrogen-bond acceptors (Lipinski definition) is 8. The fourth-order valence-corrected chi connectivity index (χ4v) is 6.20. The van der Waals surface area contributed by atoms with Gasteiger partial charge in [-0.2, -0.15) is 9.29 Å². The van der Waals surface area contributed by atoms with E-state index in [-0.39, 0.29) is 6.10 Å². The molecule has 2 fully saturated rings. The van der Waals surface area contributed by atoms with Crippen molar-refractivity contribution in [2.75, 3.05) is 50.9 Å². The minimum Gasteiger partial charge on any atom is -0.355 e. The molecule has 0 aliphatic carbocycles. The van der Waals surface area contributed by atoms with E-state index in [1.54, 1.807) is 23.4 Å². The van der Waals surface area contributed by atoms with Crippen molar-refractivity contribution in [2.24, 2.45) is 0 Å². The van der Waals surface area contributed by atoms with Gasteiger partial charge in [0.05, 0.1) is 11.0 Å². The molecule has 0 bridgehead atoms. The van der Waals surface area contributed by atoms with Crippen LogP contribution in [0.15, 0.2) is 57.9 Å². The smallest absolute Gasteiger partial charge is 0.243 e. The van der Waals surface area contributed by atoms with E-state index in [2.05, 4.69) is 26.9 Å². The van der Waals surface area contributed by atoms with Crippen molar-refractivity contribution in [2.45, 2.75) is 37.7 Å². The Morgan fingerprint density at radius 1 is 1.00 bits per heavy atom. The van der Waals surface area contributed by atoms with Crippen molar-refractivity contribution >= 4 is 15.7 Å². The molecule has 192 valence electrons. The van der Waals surface area contributed by atoms with Crippen LogP contribution in [0.2, 0.25) is 0 Å². The standard InChI is InChI=1S/C26H33N5O4S/c1-3-4-21-5-11-25(12-6-21)36(32,33)31-15-13-29(14-16-31)17-24-18-30(19-34-24)23-9-7-22(8-10-23)26-27-20(2)35-28-26/h5-12,24H,3-4,13-19H2,1-2H3. The Morgan fingerprint density at radius 2 is 1.72 bits per heavy atom. The lowest BCUT2D eigenvalue weighted by Gasteiger charge is -2.34. The Bertz CT molecular complexity index is 1250. The van der Waals surface area contributed by atoms with Gasteiger partial charge in [0, 0.05) is 57.4 Å². The zero-order chi connectivity index (χ0) is 25.1. The Kier molecular flexibility index (Phi) is 7.38. The summed E-state index contributed by atoms with van der Waals surface area (Å²) in [5.74, 6) is 1.13. The van der Waals surface area contributed by atoms with E-state index in [9.17, 15) is 8.42 Å². The third kappa shape index (κ3) is 5.46. The van der Waals surface area contributed by atoms with Gasteiger partial charge in [-0.3, -0.25) is 4.90 Å². The molecule has 0 spiro atoms. The van der Waals surface area contributed by atoms with Crippen molar-refractivity contribution in [3.05, 3.63) is 60.0 Å². The van der Waals surface area contributed by atoms with Gasteiger partial charge in [0.1, 0.15) is 6.73 Å². The lowest BCUT2D eigenvalue weighted by atomic mass is 10.1. The first kappa shape index (κ1) is 24.9. The molecule has 0 amide bonds. The minimum atomic E-state index is -3.46. The highest BCUT2D eigenvalue weighted by molar-refractivity contribution is 7.89. The van der Waals surface area contributed by atoms with Crippen LogP contribution < -0.4 is 4.90 Å². The van der Waals surface area contributed by atoms with Gasteiger partial charge in [-0.05, 0) is 48.4 Å². The molecule has 1 unspecified atom stereocenters. The van der Waals surface area contributed by atoms with Crippen LogP contribution in [0, 0.1) is 6.92 Å². The Labute approximate surface area is 212 Å². The van der Waals surface area contributed by atoms with Gasteiger partial charge < -0.3 is 14.2 Å². The first-order chi connectivity index (χ1) is 17.4. The molecule has 10 heteroatoms. The summed E-state index contributed by atoms with van der Waals surface area (Å²) >= 11 is 0. The number of piperazine rings is 1. The van der Waals surface area contributed by atoms with Crippen LogP contribution in [0.4, 0.5) is 5.69 Å². The zero-order valence-electron chi connectivity index (χ0n) is 20.8. The zero-order valence-corrected chi connectivity index (χ0v) is 21.7. The summed E-state index contributed by atoms with van der Waals surface area (Å²) in [7, 11) is -3.46. The Balaban J connectivity index is 1.11. The van der Waals surface area contributed by atoms with Crippen LogP contribution in [-0.4, -0.2) is 79.9 Å². The largest absolute Gasteiger partial charge is 0.355 e. The summed E-state index contributed by atoms with van der Waals surface area (Å²) in [4.78, 5) is 9.16. The summed E-state index contributed by atoms with van der Waals surface area (Å²) in [6, 6.07) is 15.4. The number of aromatic nitrogens is 2. The summed E-state index contributed by atoms with van der Waals surface area (Å²) in [5, 5.41) is 3.97. The maximum Gasteiger partial charge on any atom is 0.243 e. The van der Waals surface area contributed by atoms with Gasteiger partial charge in [0.15, 0.2) is 0 Å². The van der Waals surface area contributed by atoms with Gasteiger partial charge in [-0.15, -0.1) is 0 Å². The second-order valence-corrected chi connectivity index (χ2v) is 11.4. The number of hydrogen-bond donors (Lipinski definition) is 0. The molecule has 3 aromatic rings. The molecule has 2 aromatic carbocycles. The number of rotatable bonds is 8.